The fraction of sp³-hybridized carbons (Fsp3) is 0.167. The second-order valence-electron chi connectivity index (χ2n) is 5.42. The van der Waals surface area contributed by atoms with Crippen molar-refractivity contribution in [1.82, 2.24) is 0 Å². The molecular formula is C18H17ClFN3O4. The molecule has 0 aliphatic carbocycles. The standard InChI is InChI=1S/C18H17ClFN3O4/c1-10(23-27-2)12-7-14(20)13(19)8-16(12)21-9-17(24)22-15-6-4-3-5-11(15)18(25)26/h3-8,21H,9H2,1-2H3,(H,22,24)(H,25,26). The molecule has 2 aromatic carbocycles. The molecule has 0 saturated carbocycles. The summed E-state index contributed by atoms with van der Waals surface area (Å²) >= 11 is 5.82. The molecular weight excluding hydrogens is 377 g/mol. The van der Waals surface area contributed by atoms with Crippen molar-refractivity contribution in [2.75, 3.05) is 24.3 Å². The van der Waals surface area contributed by atoms with E-state index in [0.717, 1.165) is 0 Å². The van der Waals surface area contributed by atoms with Gasteiger partial charge in [0.2, 0.25) is 5.91 Å². The Bertz CT molecular complexity index is 902. The number of carbonyl (C=O) groups excluding carboxylic acids is 1. The molecule has 7 nitrogen and oxygen atoms in total. The number of aromatic carboxylic acids is 1. The molecule has 0 spiro atoms. The summed E-state index contributed by atoms with van der Waals surface area (Å²) in [4.78, 5) is 28.1. The third-order valence-electron chi connectivity index (χ3n) is 3.55. The molecule has 142 valence electrons. The summed E-state index contributed by atoms with van der Waals surface area (Å²) < 4.78 is 13.8. The van der Waals surface area contributed by atoms with Gasteiger partial charge in [0.1, 0.15) is 12.9 Å². The van der Waals surface area contributed by atoms with Crippen LogP contribution in [0.15, 0.2) is 41.6 Å². The van der Waals surface area contributed by atoms with Gasteiger partial charge < -0.3 is 20.6 Å². The van der Waals surface area contributed by atoms with Gasteiger partial charge >= 0.3 is 5.97 Å². The van der Waals surface area contributed by atoms with Crippen LogP contribution in [0, 0.1) is 5.82 Å². The first-order chi connectivity index (χ1) is 12.8. The first-order valence-corrected chi connectivity index (χ1v) is 8.14. The van der Waals surface area contributed by atoms with Gasteiger partial charge in [-0.25, -0.2) is 9.18 Å². The highest BCUT2D eigenvalue weighted by atomic mass is 35.5. The maximum Gasteiger partial charge on any atom is 0.337 e. The quantitative estimate of drug-likeness (QED) is 0.493. The van der Waals surface area contributed by atoms with Crippen LogP contribution in [0.4, 0.5) is 15.8 Å². The molecule has 0 radical (unpaired) electrons. The minimum Gasteiger partial charge on any atom is -0.478 e. The lowest BCUT2D eigenvalue weighted by atomic mass is 10.1. The van der Waals surface area contributed by atoms with Gasteiger partial charge in [-0.15, -0.1) is 0 Å². The monoisotopic (exact) mass is 393 g/mol. The zero-order valence-corrected chi connectivity index (χ0v) is 15.3. The van der Waals surface area contributed by atoms with E-state index in [4.69, 9.17) is 21.5 Å². The van der Waals surface area contributed by atoms with Crippen molar-refractivity contribution in [3.63, 3.8) is 0 Å². The largest absolute Gasteiger partial charge is 0.478 e. The molecule has 3 N–H and O–H groups in total. The molecule has 0 aliphatic heterocycles. The number of hydrogen-bond donors (Lipinski definition) is 3. The Hall–Kier alpha value is -3.13. The molecule has 2 aromatic rings. The van der Waals surface area contributed by atoms with E-state index in [1.807, 2.05) is 0 Å². The van der Waals surface area contributed by atoms with Crippen LogP contribution in [0.2, 0.25) is 5.02 Å². The predicted molar refractivity (Wildman–Crippen MR) is 101 cm³/mol. The number of carboxylic acids is 1. The summed E-state index contributed by atoms with van der Waals surface area (Å²) in [6.07, 6.45) is 0. The van der Waals surface area contributed by atoms with Gasteiger partial charge in [0.25, 0.3) is 0 Å². The van der Waals surface area contributed by atoms with Crippen molar-refractivity contribution in [2.45, 2.75) is 6.92 Å². The number of amides is 1. The van der Waals surface area contributed by atoms with E-state index in [1.165, 1.54) is 31.4 Å². The normalized spacial score (nSPS) is 11.0. The molecule has 0 heterocycles. The second-order valence-corrected chi connectivity index (χ2v) is 5.83. The second kappa shape index (κ2) is 9.00. The predicted octanol–water partition coefficient (Wildman–Crippen LogP) is 3.60. The number of anilines is 2. The van der Waals surface area contributed by atoms with Crippen LogP contribution in [0.3, 0.4) is 0 Å². The minimum absolute atomic E-state index is 0.0283. The number of halogens is 2. The molecule has 0 bridgehead atoms. The average Bonchev–Trinajstić information content (AvgIpc) is 2.62. The van der Waals surface area contributed by atoms with Crippen LogP contribution in [0.25, 0.3) is 0 Å². The third kappa shape index (κ3) is 5.18. The van der Waals surface area contributed by atoms with Crippen molar-refractivity contribution < 1.29 is 23.9 Å². The molecule has 2 rings (SSSR count). The first-order valence-electron chi connectivity index (χ1n) is 7.76. The Labute approximate surface area is 159 Å². The van der Waals surface area contributed by atoms with Crippen molar-refractivity contribution in [3.05, 3.63) is 58.4 Å². The molecule has 1 amide bonds. The molecule has 0 aromatic heterocycles. The van der Waals surface area contributed by atoms with Crippen LogP contribution in [-0.2, 0) is 9.63 Å². The molecule has 0 fully saturated rings. The fourth-order valence-corrected chi connectivity index (χ4v) is 2.49. The van der Waals surface area contributed by atoms with Crippen LogP contribution >= 0.6 is 11.6 Å². The minimum atomic E-state index is -1.15. The lowest BCUT2D eigenvalue weighted by molar-refractivity contribution is -0.114. The van der Waals surface area contributed by atoms with Gasteiger partial charge in [-0.1, -0.05) is 28.9 Å². The Morgan fingerprint density at radius 3 is 2.59 bits per heavy atom. The molecule has 0 atom stereocenters. The first kappa shape index (κ1) is 20.2. The zero-order chi connectivity index (χ0) is 20.0. The summed E-state index contributed by atoms with van der Waals surface area (Å²) in [6.45, 7) is 1.41. The molecule has 0 saturated heterocycles. The Morgan fingerprint density at radius 1 is 1.22 bits per heavy atom. The summed E-state index contributed by atoms with van der Waals surface area (Å²) in [5, 5.41) is 18.1. The number of oxime groups is 1. The number of nitrogens with zero attached hydrogens (tertiary/aromatic N) is 1. The van der Waals surface area contributed by atoms with Gasteiger partial charge in [-0.3, -0.25) is 4.79 Å². The summed E-state index contributed by atoms with van der Waals surface area (Å²) in [5.41, 5.74) is 1.27. The topological polar surface area (TPSA) is 100 Å². The number of nitrogens with one attached hydrogen (secondary N) is 2. The van der Waals surface area contributed by atoms with E-state index >= 15 is 0 Å². The summed E-state index contributed by atoms with van der Waals surface area (Å²) in [5.74, 6) is -2.28. The smallest absolute Gasteiger partial charge is 0.337 e. The van der Waals surface area contributed by atoms with Gasteiger partial charge in [0, 0.05) is 11.3 Å². The van der Waals surface area contributed by atoms with E-state index in [-0.39, 0.29) is 22.8 Å². The Balaban J connectivity index is 2.17. The van der Waals surface area contributed by atoms with Crippen LogP contribution in [0.1, 0.15) is 22.8 Å². The SMILES string of the molecule is CON=C(C)c1cc(F)c(Cl)cc1NCC(=O)Nc1ccccc1C(=O)O. The maximum atomic E-state index is 13.8. The maximum absolute atomic E-state index is 13.8. The van der Waals surface area contributed by atoms with Crippen LogP contribution in [0.5, 0.6) is 0 Å². The number of carbonyl (C=O) groups is 2. The summed E-state index contributed by atoms with van der Waals surface area (Å²) in [6, 6.07) is 8.55. The van der Waals surface area contributed by atoms with Crippen molar-refractivity contribution in [2.24, 2.45) is 5.16 Å². The van der Waals surface area contributed by atoms with Crippen molar-refractivity contribution in [3.8, 4) is 0 Å². The van der Waals surface area contributed by atoms with Crippen LogP contribution in [-0.4, -0.2) is 36.3 Å². The van der Waals surface area contributed by atoms with E-state index in [0.29, 0.717) is 17.0 Å². The molecule has 0 aliphatic rings. The van der Waals surface area contributed by atoms with E-state index < -0.39 is 17.7 Å². The van der Waals surface area contributed by atoms with Crippen molar-refractivity contribution >= 4 is 40.6 Å². The van der Waals surface area contributed by atoms with Gasteiger partial charge in [-0.2, -0.15) is 0 Å². The van der Waals surface area contributed by atoms with E-state index in [9.17, 15) is 14.0 Å². The highest BCUT2D eigenvalue weighted by Gasteiger charge is 2.14. The number of hydrogen-bond acceptors (Lipinski definition) is 5. The fourth-order valence-electron chi connectivity index (χ4n) is 2.33. The van der Waals surface area contributed by atoms with E-state index in [2.05, 4.69) is 15.8 Å². The Morgan fingerprint density at radius 2 is 1.93 bits per heavy atom. The highest BCUT2D eigenvalue weighted by Crippen LogP contribution is 2.25. The van der Waals surface area contributed by atoms with Gasteiger partial charge in [-0.05, 0) is 31.2 Å². The number of rotatable bonds is 7. The molecule has 9 heteroatoms. The van der Waals surface area contributed by atoms with E-state index in [1.54, 1.807) is 19.1 Å². The number of benzene rings is 2. The lowest BCUT2D eigenvalue weighted by Crippen LogP contribution is -2.23. The number of carboxylic acid groups (broad SMARTS) is 1. The number of para-hydroxylation sites is 1. The average molecular weight is 394 g/mol. The van der Waals surface area contributed by atoms with Gasteiger partial charge in [0.05, 0.1) is 28.5 Å². The van der Waals surface area contributed by atoms with Crippen LogP contribution < -0.4 is 10.6 Å². The Kier molecular flexibility index (Phi) is 6.73. The third-order valence-corrected chi connectivity index (χ3v) is 3.84. The van der Waals surface area contributed by atoms with Gasteiger partial charge in [0.15, 0.2) is 0 Å². The highest BCUT2D eigenvalue weighted by molar-refractivity contribution is 6.31. The zero-order valence-electron chi connectivity index (χ0n) is 14.5. The molecule has 0 unspecified atom stereocenters. The lowest BCUT2D eigenvalue weighted by Gasteiger charge is -2.13. The van der Waals surface area contributed by atoms with Crippen molar-refractivity contribution in [1.29, 1.82) is 0 Å². The summed E-state index contributed by atoms with van der Waals surface area (Å²) in [7, 11) is 1.36. The molecule has 27 heavy (non-hydrogen) atoms.